The minimum atomic E-state index is 0.269. The number of amides is 1. The Morgan fingerprint density at radius 3 is 2.55 bits per heavy atom. The molecule has 0 unspecified atom stereocenters. The fourth-order valence-corrected chi connectivity index (χ4v) is 5.83. The second-order valence-corrected chi connectivity index (χ2v) is 10.5. The Morgan fingerprint density at radius 2 is 1.79 bits per heavy atom. The van der Waals surface area contributed by atoms with Crippen LogP contribution in [-0.2, 0) is 9.53 Å². The summed E-state index contributed by atoms with van der Waals surface area (Å²) in [6.07, 6.45) is 10.6. The van der Waals surface area contributed by atoms with Gasteiger partial charge >= 0.3 is 0 Å². The molecule has 202 valence electrons. The molecular weight excluding hydrogens is 480 g/mol. The zero-order valence-corrected chi connectivity index (χ0v) is 22.1. The number of carbonyl (C=O) groups excluding carboxylic acids is 1. The number of hydrogen-bond donors (Lipinski definition) is 2. The summed E-state index contributed by atoms with van der Waals surface area (Å²) in [5, 5.41) is 6.93. The van der Waals surface area contributed by atoms with E-state index in [-0.39, 0.29) is 5.91 Å². The predicted molar refractivity (Wildman–Crippen MR) is 149 cm³/mol. The highest BCUT2D eigenvalue weighted by molar-refractivity contribution is 5.86. The van der Waals surface area contributed by atoms with Gasteiger partial charge in [-0.2, -0.15) is 9.97 Å². The number of anilines is 4. The van der Waals surface area contributed by atoms with Crippen LogP contribution in [-0.4, -0.2) is 76.3 Å². The molecule has 2 saturated heterocycles. The van der Waals surface area contributed by atoms with Crippen LogP contribution in [0, 0.1) is 0 Å². The lowest BCUT2D eigenvalue weighted by Gasteiger charge is -2.28. The van der Waals surface area contributed by atoms with Gasteiger partial charge in [0.25, 0.3) is 0 Å². The van der Waals surface area contributed by atoms with Crippen LogP contribution in [0.15, 0.2) is 30.6 Å². The Labute approximate surface area is 223 Å². The summed E-state index contributed by atoms with van der Waals surface area (Å²) in [5.74, 6) is 1.57. The monoisotopic (exact) mass is 518 g/mol. The van der Waals surface area contributed by atoms with Crippen molar-refractivity contribution in [3.05, 3.63) is 30.6 Å². The lowest BCUT2D eigenvalue weighted by molar-refractivity contribution is -0.127. The van der Waals surface area contributed by atoms with E-state index in [0.717, 1.165) is 81.9 Å². The SMILES string of the molecule is O=C1CCCN1CCCNc1nc(Nc2ccc(N3CCOCC3)cc2)c2ncn(C3CCCCC3)c2n1. The van der Waals surface area contributed by atoms with Crippen LogP contribution >= 0.6 is 0 Å². The van der Waals surface area contributed by atoms with Crippen molar-refractivity contribution < 1.29 is 9.53 Å². The fraction of sp³-hybridized carbons (Fsp3) is 0.571. The summed E-state index contributed by atoms with van der Waals surface area (Å²) in [6, 6.07) is 8.91. The Morgan fingerprint density at radius 1 is 0.974 bits per heavy atom. The van der Waals surface area contributed by atoms with E-state index >= 15 is 0 Å². The molecule has 3 aliphatic rings. The Hall–Kier alpha value is -3.40. The average Bonchev–Trinajstić information content (AvgIpc) is 3.58. The van der Waals surface area contributed by atoms with Crippen LogP contribution in [0.4, 0.5) is 23.1 Å². The van der Waals surface area contributed by atoms with Crippen molar-refractivity contribution in [2.75, 3.05) is 61.5 Å². The van der Waals surface area contributed by atoms with Gasteiger partial charge < -0.3 is 29.7 Å². The molecule has 6 rings (SSSR count). The van der Waals surface area contributed by atoms with Crippen LogP contribution in [0.2, 0.25) is 0 Å². The first-order chi connectivity index (χ1) is 18.7. The van der Waals surface area contributed by atoms with Crippen LogP contribution in [0.3, 0.4) is 0 Å². The van der Waals surface area contributed by atoms with Gasteiger partial charge in [-0.25, -0.2) is 4.98 Å². The number of rotatable bonds is 9. The molecule has 2 aromatic heterocycles. The molecule has 38 heavy (non-hydrogen) atoms. The molecule has 1 aromatic carbocycles. The molecule has 0 atom stereocenters. The van der Waals surface area contributed by atoms with Crippen molar-refractivity contribution >= 4 is 40.2 Å². The molecule has 10 heteroatoms. The molecule has 10 nitrogen and oxygen atoms in total. The number of hydrogen-bond acceptors (Lipinski definition) is 8. The van der Waals surface area contributed by atoms with Gasteiger partial charge in [0, 0.05) is 56.6 Å². The summed E-state index contributed by atoms with van der Waals surface area (Å²) in [4.78, 5) is 30.7. The van der Waals surface area contributed by atoms with E-state index < -0.39 is 0 Å². The van der Waals surface area contributed by atoms with Crippen molar-refractivity contribution in [3.8, 4) is 0 Å². The van der Waals surface area contributed by atoms with E-state index in [1.54, 1.807) is 0 Å². The first kappa shape index (κ1) is 24.9. The van der Waals surface area contributed by atoms with E-state index in [1.807, 2.05) is 11.2 Å². The largest absolute Gasteiger partial charge is 0.378 e. The normalized spacial score (nSPS) is 18.9. The summed E-state index contributed by atoms with van der Waals surface area (Å²) < 4.78 is 7.73. The number of nitrogens with one attached hydrogen (secondary N) is 2. The van der Waals surface area contributed by atoms with Crippen molar-refractivity contribution in [2.45, 2.75) is 57.4 Å². The van der Waals surface area contributed by atoms with Crippen LogP contribution in [0.25, 0.3) is 11.2 Å². The van der Waals surface area contributed by atoms with Crippen LogP contribution in [0.5, 0.6) is 0 Å². The quantitative estimate of drug-likeness (QED) is 0.404. The van der Waals surface area contributed by atoms with Crippen LogP contribution in [0.1, 0.15) is 57.4 Å². The molecule has 1 aliphatic carbocycles. The van der Waals surface area contributed by atoms with Gasteiger partial charge in [-0.3, -0.25) is 4.79 Å². The highest BCUT2D eigenvalue weighted by atomic mass is 16.5. The second-order valence-electron chi connectivity index (χ2n) is 10.5. The third-order valence-corrected chi connectivity index (χ3v) is 7.96. The van der Waals surface area contributed by atoms with E-state index in [0.29, 0.717) is 30.8 Å². The Bertz CT molecular complexity index is 1230. The first-order valence-electron chi connectivity index (χ1n) is 14.2. The molecular formula is C28H38N8O2. The minimum Gasteiger partial charge on any atom is -0.378 e. The van der Waals surface area contributed by atoms with Gasteiger partial charge in [-0.05, 0) is 49.9 Å². The smallest absolute Gasteiger partial charge is 0.226 e. The lowest BCUT2D eigenvalue weighted by Crippen LogP contribution is -2.36. The maximum Gasteiger partial charge on any atom is 0.226 e. The van der Waals surface area contributed by atoms with Gasteiger partial charge in [0.1, 0.15) is 0 Å². The van der Waals surface area contributed by atoms with E-state index in [2.05, 4.69) is 44.4 Å². The summed E-state index contributed by atoms with van der Waals surface area (Å²) in [7, 11) is 0. The van der Waals surface area contributed by atoms with Gasteiger partial charge in [0.15, 0.2) is 17.0 Å². The zero-order chi connectivity index (χ0) is 25.7. The minimum absolute atomic E-state index is 0.269. The molecule has 1 amide bonds. The number of nitrogens with zero attached hydrogens (tertiary/aromatic N) is 6. The molecule has 0 spiro atoms. The third kappa shape index (κ3) is 5.55. The topological polar surface area (TPSA) is 100 Å². The Balaban J connectivity index is 1.21. The predicted octanol–water partition coefficient (Wildman–Crippen LogP) is 4.34. The number of aromatic nitrogens is 4. The molecule has 3 aromatic rings. The maximum absolute atomic E-state index is 11.9. The molecule has 3 fully saturated rings. The van der Waals surface area contributed by atoms with Gasteiger partial charge in [-0.1, -0.05) is 19.3 Å². The van der Waals surface area contributed by atoms with Gasteiger partial charge in [-0.15, -0.1) is 0 Å². The lowest BCUT2D eigenvalue weighted by atomic mass is 9.95. The second kappa shape index (κ2) is 11.6. The van der Waals surface area contributed by atoms with Gasteiger partial charge in [0.2, 0.25) is 11.9 Å². The number of morpholine rings is 1. The number of carbonyl (C=O) groups is 1. The van der Waals surface area contributed by atoms with E-state index in [4.69, 9.17) is 19.7 Å². The summed E-state index contributed by atoms with van der Waals surface area (Å²) >= 11 is 0. The number of benzene rings is 1. The summed E-state index contributed by atoms with van der Waals surface area (Å²) in [5.41, 5.74) is 3.83. The molecule has 0 radical (unpaired) electrons. The van der Waals surface area contributed by atoms with Crippen molar-refractivity contribution in [1.29, 1.82) is 0 Å². The standard InChI is InChI=1S/C28H38N8O2/c37-24-8-4-14-35(24)15-5-13-29-28-32-26(25-27(33-28)36(20-30-25)23-6-2-1-3-7-23)31-21-9-11-22(12-10-21)34-16-18-38-19-17-34/h9-12,20,23H,1-8,13-19H2,(H2,29,31,32,33). The zero-order valence-electron chi connectivity index (χ0n) is 22.1. The van der Waals surface area contributed by atoms with E-state index in [9.17, 15) is 4.79 Å². The number of imidazole rings is 1. The van der Waals surface area contributed by atoms with Crippen molar-refractivity contribution in [1.82, 2.24) is 24.4 Å². The van der Waals surface area contributed by atoms with Crippen molar-refractivity contribution in [2.24, 2.45) is 0 Å². The molecule has 0 bridgehead atoms. The third-order valence-electron chi connectivity index (χ3n) is 7.96. The molecule has 4 heterocycles. The van der Waals surface area contributed by atoms with Crippen LogP contribution < -0.4 is 15.5 Å². The van der Waals surface area contributed by atoms with Crippen molar-refractivity contribution in [3.63, 3.8) is 0 Å². The highest BCUT2D eigenvalue weighted by Crippen LogP contribution is 2.33. The number of ether oxygens (including phenoxy) is 1. The number of fused-ring (bicyclic) bond motifs is 1. The molecule has 2 aliphatic heterocycles. The highest BCUT2D eigenvalue weighted by Gasteiger charge is 2.22. The van der Waals surface area contributed by atoms with E-state index in [1.165, 1.54) is 24.9 Å². The Kier molecular flexibility index (Phi) is 7.57. The number of likely N-dealkylation sites (tertiary alicyclic amines) is 1. The molecule has 1 saturated carbocycles. The van der Waals surface area contributed by atoms with Gasteiger partial charge in [0.05, 0.1) is 19.5 Å². The summed E-state index contributed by atoms with van der Waals surface area (Å²) in [6.45, 7) is 5.73. The molecule has 2 N–H and O–H groups in total. The maximum atomic E-state index is 11.9. The first-order valence-corrected chi connectivity index (χ1v) is 14.2. The average molecular weight is 519 g/mol. The fourth-order valence-electron chi connectivity index (χ4n) is 5.83.